The van der Waals surface area contributed by atoms with E-state index >= 15 is 0 Å². The maximum Gasteiger partial charge on any atom is 0.249 e. The van der Waals surface area contributed by atoms with Crippen LogP contribution in [-0.4, -0.2) is 55.4 Å². The van der Waals surface area contributed by atoms with Crippen LogP contribution in [0.25, 0.3) is 10.6 Å². The average Bonchev–Trinajstić information content (AvgIpc) is 3.28. The number of benzene rings is 3. The Morgan fingerprint density at radius 3 is 2.08 bits per heavy atom. The molecule has 0 saturated carbocycles. The Labute approximate surface area is 398 Å². The third-order valence-corrected chi connectivity index (χ3v) is 12.2. The molecule has 3 amide bonds. The summed E-state index contributed by atoms with van der Waals surface area (Å²) in [5, 5.41) is 12.9. The summed E-state index contributed by atoms with van der Waals surface area (Å²) in [5.74, 6) is -0.635. The summed E-state index contributed by atoms with van der Waals surface area (Å²) < 4.78 is 0. The average molecular weight is 921 g/mol. The minimum atomic E-state index is -0.867. The number of hydrogen-bond donors (Lipinski definition) is 9. The van der Waals surface area contributed by atoms with Gasteiger partial charge in [-0.1, -0.05) is 126 Å². The topological polar surface area (TPSA) is 242 Å². The van der Waals surface area contributed by atoms with Crippen molar-refractivity contribution in [2.45, 2.75) is 118 Å². The summed E-state index contributed by atoms with van der Waals surface area (Å²) in [6.45, 7) is 15.0. The Kier molecular flexibility index (Phi) is 22.6. The van der Waals surface area contributed by atoms with Crippen molar-refractivity contribution >= 4 is 46.3 Å². The van der Waals surface area contributed by atoms with Gasteiger partial charge in [-0.05, 0) is 80.0 Å². The summed E-state index contributed by atoms with van der Waals surface area (Å²) in [7, 11) is 0. The zero-order valence-electron chi connectivity index (χ0n) is 40.4. The molecule has 3 aromatic rings. The lowest BCUT2D eigenvalue weighted by molar-refractivity contribution is -0.132. The first-order chi connectivity index (χ1) is 31.4. The number of thioether (sulfide) groups is 1. The minimum absolute atomic E-state index is 0.00201. The van der Waals surface area contributed by atoms with E-state index in [-0.39, 0.29) is 35.6 Å². The van der Waals surface area contributed by atoms with Crippen molar-refractivity contribution in [1.29, 1.82) is 0 Å². The molecule has 3 aromatic carbocycles. The molecule has 1 unspecified atom stereocenters. The molecule has 0 radical (unpaired) electrons. The van der Waals surface area contributed by atoms with Crippen molar-refractivity contribution in [3.05, 3.63) is 142 Å². The molecule has 0 bridgehead atoms. The smallest absolute Gasteiger partial charge is 0.249 e. The third-order valence-electron chi connectivity index (χ3n) is 11.2. The van der Waals surface area contributed by atoms with E-state index in [0.29, 0.717) is 54.8 Å². The Morgan fingerprint density at radius 1 is 0.833 bits per heavy atom. The molecular weight excluding hydrogens is 845 g/mol. The molecular formula is C52H76N10O3S. The van der Waals surface area contributed by atoms with Crippen LogP contribution in [0.4, 0.5) is 0 Å². The van der Waals surface area contributed by atoms with E-state index < -0.39 is 17.5 Å². The summed E-state index contributed by atoms with van der Waals surface area (Å²) >= 11 is 1.64. The zero-order valence-corrected chi connectivity index (χ0v) is 41.2. The highest BCUT2D eigenvalue weighted by Crippen LogP contribution is 2.28. The van der Waals surface area contributed by atoms with Gasteiger partial charge in [0.2, 0.25) is 17.7 Å². The van der Waals surface area contributed by atoms with Gasteiger partial charge >= 0.3 is 0 Å². The van der Waals surface area contributed by atoms with E-state index in [4.69, 9.17) is 28.7 Å². The molecule has 14 heteroatoms. The number of allylic oxidation sites excluding steroid dienone is 4. The van der Waals surface area contributed by atoms with Crippen molar-refractivity contribution in [3.8, 4) is 0 Å². The molecule has 0 heterocycles. The number of aryl methyl sites for hydroxylation is 1. The summed E-state index contributed by atoms with van der Waals surface area (Å²) in [4.78, 5) is 46.3. The van der Waals surface area contributed by atoms with Gasteiger partial charge in [0.05, 0.1) is 0 Å². The van der Waals surface area contributed by atoms with Crippen LogP contribution in [0.3, 0.4) is 0 Å². The van der Waals surface area contributed by atoms with Crippen molar-refractivity contribution in [2.75, 3.05) is 19.3 Å². The van der Waals surface area contributed by atoms with E-state index in [9.17, 15) is 14.4 Å². The van der Waals surface area contributed by atoms with E-state index in [1.807, 2.05) is 95.5 Å². The predicted octanol–water partition coefficient (Wildman–Crippen LogP) is 7.32. The van der Waals surface area contributed by atoms with E-state index in [1.54, 1.807) is 17.8 Å². The second-order valence-electron chi connectivity index (χ2n) is 17.8. The molecule has 0 aliphatic carbocycles. The highest BCUT2D eigenvalue weighted by Gasteiger charge is 2.33. The Bertz CT molecular complexity index is 2180. The monoisotopic (exact) mass is 921 g/mol. The second-order valence-corrected chi connectivity index (χ2v) is 18.6. The fourth-order valence-corrected chi connectivity index (χ4v) is 8.16. The lowest BCUT2D eigenvalue weighted by Gasteiger charge is -2.32. The number of nitrogens with zero attached hydrogens (tertiary/aromatic N) is 1. The number of aliphatic imine (C=N–C) groups is 1. The zero-order chi connectivity index (χ0) is 48.8. The van der Waals surface area contributed by atoms with Crippen LogP contribution in [0.1, 0.15) is 126 Å². The lowest BCUT2D eigenvalue weighted by Crippen LogP contribution is -2.56. The summed E-state index contributed by atoms with van der Waals surface area (Å²) in [5.41, 5.74) is 37.0. The van der Waals surface area contributed by atoms with Crippen LogP contribution in [0, 0.1) is 12.3 Å². The molecule has 0 aliphatic rings. The Balaban J connectivity index is 1.52. The highest BCUT2D eigenvalue weighted by atomic mass is 32.2. The Hall–Kier alpha value is -5.99. The van der Waals surface area contributed by atoms with Gasteiger partial charge in [-0.25, -0.2) is 0 Å². The molecule has 0 spiro atoms. The molecule has 3 rings (SSSR count). The van der Waals surface area contributed by atoms with Crippen LogP contribution in [0.5, 0.6) is 0 Å². The fourth-order valence-electron chi connectivity index (χ4n) is 7.47. The van der Waals surface area contributed by atoms with Gasteiger partial charge < -0.3 is 49.9 Å². The number of carbonyl (C=O) groups excluding carboxylic acids is 3. The van der Waals surface area contributed by atoms with E-state index in [0.717, 1.165) is 58.5 Å². The first kappa shape index (κ1) is 54.3. The number of hydrogen-bond acceptors (Lipinski definition) is 11. The number of rotatable bonds is 25. The first-order valence-corrected chi connectivity index (χ1v) is 24.1. The molecule has 66 heavy (non-hydrogen) atoms. The van der Waals surface area contributed by atoms with Gasteiger partial charge in [-0.3, -0.25) is 19.4 Å². The van der Waals surface area contributed by atoms with Gasteiger partial charge in [-0.2, -0.15) is 0 Å². The van der Waals surface area contributed by atoms with Gasteiger partial charge in [0.25, 0.3) is 0 Å². The van der Waals surface area contributed by atoms with E-state index in [2.05, 4.69) is 64.4 Å². The molecule has 4 atom stereocenters. The van der Waals surface area contributed by atoms with Crippen molar-refractivity contribution in [1.82, 2.24) is 21.3 Å². The molecule has 358 valence electrons. The minimum Gasteiger partial charge on any atom is -0.404 e. The van der Waals surface area contributed by atoms with Gasteiger partial charge in [0.1, 0.15) is 11.9 Å². The first-order valence-electron chi connectivity index (χ1n) is 22.9. The molecule has 0 saturated heterocycles. The third kappa shape index (κ3) is 17.4. The standard InChI is InChI=1S/C52H76N10O3S/c1-9-19-41(33-59-36(4)37-25-27-39(28-26-37)47(66-8)35(3)54)61-51(65)48(52(5,6)7)62-45(63)24-15-10-11-18-29-58-50(64)46(38-21-13-12-14-22-38)60-32-40(31-53)43(49(56)57)30-44(55)42-23-17-16-20-34(42)2/h12-14,16-17,20-23,25-28,30-32,36,41,46,48,59H,9-11,15,18-19,24,29,33,53-57H2,1-8H3,(H,58,64)(H,61,65)(H,62,63)/b40-31?,44-30-,47-35-,60-32?/t36-,41-,46?,48+/m0/s1. The SMILES string of the molecule is CCC[C@@H](CN[C@@H](C)c1ccc(/C(SC)=C(\C)N)cc1)NC(=O)[C@@H](NC(=O)CCCCCCNC(=O)C(N=CC(=CN)C(/C=C(\N)c1ccccc1C)=C(N)N)c1ccccc1)C(C)(C)C. The number of nitrogens with one attached hydrogen (secondary N) is 4. The molecule has 0 aromatic heterocycles. The highest BCUT2D eigenvalue weighted by molar-refractivity contribution is 8.07. The Morgan fingerprint density at radius 2 is 1.48 bits per heavy atom. The second kappa shape index (κ2) is 27.5. The van der Waals surface area contributed by atoms with Crippen molar-refractivity contribution < 1.29 is 14.4 Å². The lowest BCUT2D eigenvalue weighted by atomic mass is 9.85. The number of carbonyl (C=O) groups is 3. The van der Waals surface area contributed by atoms with E-state index in [1.165, 1.54) is 12.4 Å². The summed E-state index contributed by atoms with van der Waals surface area (Å²) in [6.07, 6.45) is 11.4. The fraction of sp³-hybridized carbons (Fsp3) is 0.423. The number of amides is 3. The van der Waals surface area contributed by atoms with Crippen LogP contribution in [0.2, 0.25) is 0 Å². The molecule has 0 fully saturated rings. The van der Waals surface area contributed by atoms with Crippen LogP contribution < -0.4 is 49.9 Å². The maximum absolute atomic E-state index is 13.8. The van der Waals surface area contributed by atoms with Crippen LogP contribution in [0.15, 0.2) is 119 Å². The molecule has 13 nitrogen and oxygen atoms in total. The molecule has 0 aliphatic heterocycles. The van der Waals surface area contributed by atoms with Gasteiger partial charge in [-0.15, -0.1) is 11.8 Å². The van der Waals surface area contributed by atoms with Crippen molar-refractivity contribution in [3.63, 3.8) is 0 Å². The quantitative estimate of drug-likeness (QED) is 0.0233. The van der Waals surface area contributed by atoms with Crippen LogP contribution >= 0.6 is 11.8 Å². The van der Waals surface area contributed by atoms with Gasteiger partial charge in [0.15, 0.2) is 6.04 Å². The largest absolute Gasteiger partial charge is 0.404 e. The van der Waals surface area contributed by atoms with Gasteiger partial charge in [0, 0.05) is 77.0 Å². The normalized spacial score (nSPS) is 14.4. The maximum atomic E-state index is 13.8. The van der Waals surface area contributed by atoms with Crippen LogP contribution in [-0.2, 0) is 14.4 Å². The predicted molar refractivity (Wildman–Crippen MR) is 276 cm³/mol. The molecule has 14 N–H and O–H groups in total. The number of nitrogens with two attached hydrogens (primary N) is 5. The number of unbranched alkanes of at least 4 members (excludes halogenated alkanes) is 3. The van der Waals surface area contributed by atoms with Crippen molar-refractivity contribution in [2.24, 2.45) is 39.1 Å². The summed E-state index contributed by atoms with van der Waals surface area (Å²) in [6, 6.07) is 23.7.